The Kier molecular flexibility index (Phi) is 5.42. The van der Waals surface area contributed by atoms with Gasteiger partial charge in [-0.1, -0.05) is 19.1 Å². The molecule has 2 atom stereocenters. The van der Waals surface area contributed by atoms with Crippen LogP contribution < -0.4 is 4.90 Å². The Labute approximate surface area is 176 Å². The number of phenols is 1. The molecule has 0 radical (unpaired) electrons. The standard InChI is InChI=1S/C21H27N5O3S/c1-5-14(2)26-19-18(23-21(26)30(3,4)28)17(15-7-6-8-16(27)13-15)22-20(24-19)25-9-11-29-12-10-25/h6-8,13-14,27H,3,5,9-12H2,1-2,4H3. The molecule has 9 heteroatoms. The molecular weight excluding hydrogens is 402 g/mol. The molecule has 0 saturated carbocycles. The van der Waals surface area contributed by atoms with Gasteiger partial charge in [0.2, 0.25) is 5.95 Å². The highest BCUT2D eigenvalue weighted by Crippen LogP contribution is 2.33. The van der Waals surface area contributed by atoms with E-state index in [1.807, 2.05) is 10.6 Å². The van der Waals surface area contributed by atoms with E-state index in [0.717, 1.165) is 12.0 Å². The molecule has 2 aromatic heterocycles. The van der Waals surface area contributed by atoms with Gasteiger partial charge >= 0.3 is 0 Å². The molecule has 2 unspecified atom stereocenters. The second-order valence-electron chi connectivity index (χ2n) is 7.72. The van der Waals surface area contributed by atoms with Gasteiger partial charge in [-0.2, -0.15) is 4.98 Å². The molecule has 4 rings (SSSR count). The maximum atomic E-state index is 13.0. The zero-order chi connectivity index (χ0) is 21.5. The molecule has 0 amide bonds. The van der Waals surface area contributed by atoms with Crippen LogP contribution in [-0.2, 0) is 14.3 Å². The minimum atomic E-state index is -2.59. The number of hydrogen-bond acceptors (Lipinski definition) is 7. The summed E-state index contributed by atoms with van der Waals surface area (Å²) in [5.41, 5.74) is 2.52. The lowest BCUT2D eigenvalue weighted by Gasteiger charge is -2.27. The van der Waals surface area contributed by atoms with Crippen LogP contribution in [0.2, 0.25) is 0 Å². The van der Waals surface area contributed by atoms with Crippen LogP contribution in [-0.4, -0.2) is 67.3 Å². The third kappa shape index (κ3) is 3.75. The van der Waals surface area contributed by atoms with Crippen LogP contribution in [0.4, 0.5) is 5.95 Å². The monoisotopic (exact) mass is 429 g/mol. The van der Waals surface area contributed by atoms with Crippen molar-refractivity contribution in [3.8, 4) is 17.0 Å². The normalized spacial score (nSPS) is 17.8. The van der Waals surface area contributed by atoms with Gasteiger partial charge in [0.1, 0.15) is 17.0 Å². The minimum Gasteiger partial charge on any atom is -0.508 e. The highest BCUT2D eigenvalue weighted by molar-refractivity contribution is 7.99. The number of imidazole rings is 1. The highest BCUT2D eigenvalue weighted by Gasteiger charge is 2.26. The molecule has 1 fully saturated rings. The van der Waals surface area contributed by atoms with E-state index in [0.29, 0.717) is 54.3 Å². The molecule has 0 bridgehead atoms. The molecule has 1 saturated heterocycles. The summed E-state index contributed by atoms with van der Waals surface area (Å²) in [5, 5.41) is 10.4. The van der Waals surface area contributed by atoms with E-state index in [4.69, 9.17) is 19.7 Å². The van der Waals surface area contributed by atoms with Crippen molar-refractivity contribution in [2.75, 3.05) is 37.5 Å². The van der Waals surface area contributed by atoms with Gasteiger partial charge in [0.25, 0.3) is 0 Å². The molecule has 3 heterocycles. The number of nitrogens with zero attached hydrogens (tertiary/aromatic N) is 5. The molecular formula is C21H27N5O3S. The molecule has 8 nitrogen and oxygen atoms in total. The fourth-order valence-corrected chi connectivity index (χ4v) is 4.55. The van der Waals surface area contributed by atoms with Crippen LogP contribution in [0.1, 0.15) is 26.3 Å². The molecule has 1 aromatic carbocycles. The number of ether oxygens (including phenoxy) is 1. The van der Waals surface area contributed by atoms with Gasteiger partial charge in [-0.15, -0.1) is 0 Å². The first-order valence-electron chi connectivity index (χ1n) is 10.0. The van der Waals surface area contributed by atoms with Crippen molar-refractivity contribution in [3.63, 3.8) is 0 Å². The lowest BCUT2D eigenvalue weighted by Crippen LogP contribution is -2.37. The van der Waals surface area contributed by atoms with Gasteiger partial charge in [-0.25, -0.2) is 9.97 Å². The average molecular weight is 430 g/mol. The van der Waals surface area contributed by atoms with Crippen LogP contribution in [0.3, 0.4) is 0 Å². The Balaban J connectivity index is 2.06. The highest BCUT2D eigenvalue weighted by atomic mass is 32.2. The van der Waals surface area contributed by atoms with Crippen LogP contribution in [0.25, 0.3) is 22.4 Å². The maximum Gasteiger partial charge on any atom is 0.228 e. The van der Waals surface area contributed by atoms with Crippen molar-refractivity contribution < 1.29 is 14.1 Å². The summed E-state index contributed by atoms with van der Waals surface area (Å²) in [6.45, 7) is 6.73. The summed E-state index contributed by atoms with van der Waals surface area (Å²) in [5.74, 6) is 4.59. The van der Waals surface area contributed by atoms with E-state index in [1.165, 1.54) is 0 Å². The van der Waals surface area contributed by atoms with E-state index in [2.05, 4.69) is 24.6 Å². The van der Waals surface area contributed by atoms with Crippen molar-refractivity contribution in [2.45, 2.75) is 31.5 Å². The third-order valence-corrected chi connectivity index (χ3v) is 6.39. The zero-order valence-corrected chi connectivity index (χ0v) is 18.4. The van der Waals surface area contributed by atoms with Gasteiger partial charge in [0, 0.05) is 40.5 Å². The molecule has 0 aliphatic carbocycles. The Hall–Kier alpha value is -2.65. The van der Waals surface area contributed by atoms with E-state index in [9.17, 15) is 9.32 Å². The number of benzene rings is 1. The molecule has 160 valence electrons. The summed E-state index contributed by atoms with van der Waals surface area (Å²) in [7, 11) is -2.59. The largest absolute Gasteiger partial charge is 0.508 e. The number of fused-ring (bicyclic) bond motifs is 1. The second kappa shape index (κ2) is 7.88. The predicted molar refractivity (Wildman–Crippen MR) is 120 cm³/mol. The summed E-state index contributed by atoms with van der Waals surface area (Å²) in [6, 6.07) is 6.95. The van der Waals surface area contributed by atoms with Crippen LogP contribution >= 0.6 is 0 Å². The van der Waals surface area contributed by atoms with Gasteiger partial charge in [0.15, 0.2) is 10.8 Å². The molecule has 1 aliphatic rings. The van der Waals surface area contributed by atoms with Gasteiger partial charge in [-0.05, 0) is 31.3 Å². The number of rotatable bonds is 5. The van der Waals surface area contributed by atoms with Gasteiger partial charge in [0.05, 0.1) is 13.2 Å². The molecule has 1 aliphatic heterocycles. The zero-order valence-electron chi connectivity index (χ0n) is 17.5. The van der Waals surface area contributed by atoms with E-state index in [-0.39, 0.29) is 11.8 Å². The SMILES string of the molecule is C=S(C)(=O)c1nc2c(-c3cccc(O)c3)nc(N3CCOCC3)nc2n1C(C)CC. The number of phenolic OH excluding ortho intramolecular Hbond substituents is 1. The van der Waals surface area contributed by atoms with E-state index >= 15 is 0 Å². The topological polar surface area (TPSA) is 93.4 Å². The summed E-state index contributed by atoms with van der Waals surface area (Å²) >= 11 is 0. The number of morpholine rings is 1. The summed E-state index contributed by atoms with van der Waals surface area (Å²) in [6.07, 6.45) is 2.42. The van der Waals surface area contributed by atoms with Crippen molar-refractivity contribution in [1.29, 1.82) is 0 Å². The number of hydrogen-bond donors (Lipinski definition) is 1. The second-order valence-corrected chi connectivity index (χ2v) is 10.1. The number of aromatic hydroxyl groups is 1. The first kappa shape index (κ1) is 20.6. The Bertz CT molecular complexity index is 1180. The van der Waals surface area contributed by atoms with Gasteiger partial charge in [-0.3, -0.25) is 8.78 Å². The van der Waals surface area contributed by atoms with E-state index in [1.54, 1.807) is 24.5 Å². The lowest BCUT2D eigenvalue weighted by atomic mass is 10.1. The summed E-state index contributed by atoms with van der Waals surface area (Å²) in [4.78, 5) is 16.5. The van der Waals surface area contributed by atoms with Crippen LogP contribution in [0.5, 0.6) is 5.75 Å². The Morgan fingerprint density at radius 1 is 1.27 bits per heavy atom. The average Bonchev–Trinajstić information content (AvgIpc) is 3.13. The van der Waals surface area contributed by atoms with E-state index < -0.39 is 9.52 Å². The van der Waals surface area contributed by atoms with Crippen LogP contribution in [0, 0.1) is 0 Å². The third-order valence-electron chi connectivity index (χ3n) is 5.33. The maximum absolute atomic E-state index is 13.0. The minimum absolute atomic E-state index is 0.0389. The predicted octanol–water partition coefficient (Wildman–Crippen LogP) is 2.71. The Morgan fingerprint density at radius 3 is 2.63 bits per heavy atom. The summed E-state index contributed by atoms with van der Waals surface area (Å²) < 4.78 is 20.4. The lowest BCUT2D eigenvalue weighted by molar-refractivity contribution is 0.122. The molecule has 0 spiro atoms. The molecule has 3 aromatic rings. The fraction of sp³-hybridized carbons (Fsp3) is 0.429. The number of anilines is 1. The fourth-order valence-electron chi connectivity index (χ4n) is 3.59. The van der Waals surface area contributed by atoms with Crippen molar-refractivity contribution >= 4 is 32.5 Å². The molecule has 1 N–H and O–H groups in total. The smallest absolute Gasteiger partial charge is 0.228 e. The first-order chi connectivity index (χ1) is 14.3. The molecule has 30 heavy (non-hydrogen) atoms. The van der Waals surface area contributed by atoms with Crippen LogP contribution in [0.15, 0.2) is 29.4 Å². The number of aromatic nitrogens is 4. The van der Waals surface area contributed by atoms with Crippen molar-refractivity contribution in [1.82, 2.24) is 19.5 Å². The Morgan fingerprint density at radius 2 is 2.00 bits per heavy atom. The quantitative estimate of drug-likeness (QED) is 0.623. The van der Waals surface area contributed by atoms with Crippen molar-refractivity contribution in [3.05, 3.63) is 24.3 Å². The van der Waals surface area contributed by atoms with Gasteiger partial charge < -0.3 is 14.7 Å². The first-order valence-corrected chi connectivity index (χ1v) is 12.2. The van der Waals surface area contributed by atoms with Crippen molar-refractivity contribution in [2.24, 2.45) is 0 Å².